The monoisotopic (exact) mass is 304 g/mol. The molecule has 1 aliphatic carbocycles. The maximum Gasteiger partial charge on any atom is 0.259 e. The smallest absolute Gasteiger partial charge is 0.259 e. The van der Waals surface area contributed by atoms with Crippen LogP contribution in [0, 0.1) is 11.3 Å². The van der Waals surface area contributed by atoms with Crippen LogP contribution in [-0.2, 0) is 5.41 Å². The third-order valence-corrected chi connectivity index (χ3v) is 4.09. The van der Waals surface area contributed by atoms with Gasteiger partial charge in [0.2, 0.25) is 0 Å². The molecule has 0 atom stereocenters. The van der Waals surface area contributed by atoms with Crippen molar-refractivity contribution in [2.45, 2.75) is 18.3 Å². The number of benzene rings is 1. The predicted octanol–water partition coefficient (Wildman–Crippen LogP) is 3.03. The van der Waals surface area contributed by atoms with Crippen molar-refractivity contribution in [1.29, 1.82) is 5.26 Å². The summed E-state index contributed by atoms with van der Waals surface area (Å²) in [7, 11) is 0. The molecule has 0 radical (unpaired) electrons. The molecule has 0 saturated carbocycles. The first-order valence-electron chi connectivity index (χ1n) is 7.33. The predicted molar refractivity (Wildman–Crippen MR) is 88.7 cm³/mol. The van der Waals surface area contributed by atoms with E-state index in [2.05, 4.69) is 16.4 Å². The van der Waals surface area contributed by atoms with E-state index in [9.17, 15) is 10.1 Å². The number of hydrogen-bond donors (Lipinski definition) is 2. The Bertz CT molecular complexity index is 795. The van der Waals surface area contributed by atoms with E-state index in [1.807, 2.05) is 24.3 Å². The van der Waals surface area contributed by atoms with Crippen LogP contribution in [0.25, 0.3) is 0 Å². The molecule has 1 aliphatic rings. The number of nitriles is 1. The van der Waals surface area contributed by atoms with Gasteiger partial charge in [-0.25, -0.2) is 4.98 Å². The second kappa shape index (κ2) is 5.93. The third kappa shape index (κ3) is 2.79. The summed E-state index contributed by atoms with van der Waals surface area (Å²) in [4.78, 5) is 16.1. The minimum absolute atomic E-state index is 0.196. The Hall–Kier alpha value is -3.13. The zero-order chi connectivity index (χ0) is 16.3. The Kier molecular flexibility index (Phi) is 3.82. The summed E-state index contributed by atoms with van der Waals surface area (Å²) in [5.74, 6) is -0.108. The largest absolute Gasteiger partial charge is 0.383 e. The van der Waals surface area contributed by atoms with Crippen LogP contribution in [-0.4, -0.2) is 10.9 Å². The zero-order valence-corrected chi connectivity index (χ0v) is 12.5. The molecular formula is C18H16N4O. The summed E-state index contributed by atoms with van der Waals surface area (Å²) in [5, 5.41) is 12.3. The number of anilines is 2. The number of nitrogens with one attached hydrogen (secondary N) is 1. The van der Waals surface area contributed by atoms with E-state index in [0.717, 1.165) is 18.4 Å². The normalized spacial score (nSPS) is 15.1. The summed E-state index contributed by atoms with van der Waals surface area (Å²) < 4.78 is 0. The fourth-order valence-electron chi connectivity index (χ4n) is 2.72. The SMILES string of the molecule is N#CC1(c2ccc(NC(=O)c3cccnc3N)cc2)CC=CC1. The lowest BCUT2D eigenvalue weighted by atomic mass is 9.80. The molecule has 0 bridgehead atoms. The molecule has 114 valence electrons. The van der Waals surface area contributed by atoms with Gasteiger partial charge < -0.3 is 11.1 Å². The molecule has 23 heavy (non-hydrogen) atoms. The highest BCUT2D eigenvalue weighted by molar-refractivity contribution is 6.07. The molecule has 1 aromatic heterocycles. The minimum atomic E-state index is -0.476. The summed E-state index contributed by atoms with van der Waals surface area (Å²) in [6.45, 7) is 0. The van der Waals surface area contributed by atoms with Crippen LogP contribution in [0.5, 0.6) is 0 Å². The average molecular weight is 304 g/mol. The van der Waals surface area contributed by atoms with E-state index < -0.39 is 5.41 Å². The molecule has 0 spiro atoms. The van der Waals surface area contributed by atoms with Crippen LogP contribution in [0.2, 0.25) is 0 Å². The molecule has 3 N–H and O–H groups in total. The van der Waals surface area contributed by atoms with Crippen LogP contribution in [0.4, 0.5) is 11.5 Å². The van der Waals surface area contributed by atoms with Gasteiger partial charge in [-0.2, -0.15) is 5.26 Å². The summed E-state index contributed by atoms with van der Waals surface area (Å²) >= 11 is 0. The van der Waals surface area contributed by atoms with Crippen LogP contribution in [0.1, 0.15) is 28.8 Å². The number of nitrogens with zero attached hydrogens (tertiary/aromatic N) is 2. The van der Waals surface area contributed by atoms with Crippen molar-refractivity contribution in [1.82, 2.24) is 4.98 Å². The number of allylic oxidation sites excluding steroid dienone is 2. The highest BCUT2D eigenvalue weighted by atomic mass is 16.1. The number of nitrogen functional groups attached to an aromatic ring is 1. The standard InChI is InChI=1S/C18H16N4O/c19-12-18(9-1-2-10-18)13-5-7-14(8-6-13)22-17(23)15-4-3-11-21-16(15)20/h1-8,11H,9-10H2,(H2,20,21)(H,22,23). The number of carbonyl (C=O) groups is 1. The van der Waals surface area contributed by atoms with Crippen molar-refractivity contribution in [3.63, 3.8) is 0 Å². The van der Waals surface area contributed by atoms with E-state index in [-0.39, 0.29) is 11.7 Å². The van der Waals surface area contributed by atoms with Gasteiger partial charge in [0.25, 0.3) is 5.91 Å². The molecule has 1 aromatic carbocycles. The highest BCUT2D eigenvalue weighted by Crippen LogP contribution is 2.36. The van der Waals surface area contributed by atoms with Crippen molar-refractivity contribution >= 4 is 17.4 Å². The van der Waals surface area contributed by atoms with E-state index in [0.29, 0.717) is 11.3 Å². The topological polar surface area (TPSA) is 91.8 Å². The molecule has 0 saturated heterocycles. The Morgan fingerprint density at radius 1 is 1.22 bits per heavy atom. The van der Waals surface area contributed by atoms with Gasteiger partial charge in [-0.05, 0) is 42.7 Å². The third-order valence-electron chi connectivity index (χ3n) is 4.09. The number of nitrogens with two attached hydrogens (primary N) is 1. The van der Waals surface area contributed by atoms with Crippen LogP contribution in [0.3, 0.4) is 0 Å². The maximum atomic E-state index is 12.2. The molecular weight excluding hydrogens is 288 g/mol. The van der Waals surface area contributed by atoms with Crippen LogP contribution < -0.4 is 11.1 Å². The van der Waals surface area contributed by atoms with Gasteiger partial charge in [0.05, 0.1) is 17.0 Å². The van der Waals surface area contributed by atoms with Crippen LogP contribution >= 0.6 is 0 Å². The molecule has 0 aliphatic heterocycles. The first kappa shape index (κ1) is 14.8. The van der Waals surface area contributed by atoms with Gasteiger partial charge in [0.15, 0.2) is 0 Å². The van der Waals surface area contributed by atoms with Crippen molar-refractivity contribution in [2.24, 2.45) is 0 Å². The fraction of sp³-hybridized carbons (Fsp3) is 0.167. The van der Waals surface area contributed by atoms with Crippen molar-refractivity contribution in [2.75, 3.05) is 11.1 Å². The molecule has 3 rings (SSSR count). The molecule has 0 fully saturated rings. The summed E-state index contributed by atoms with van der Waals surface area (Å²) in [6, 6.07) is 13.1. The second-order valence-corrected chi connectivity index (χ2v) is 5.54. The van der Waals surface area contributed by atoms with E-state index in [1.54, 1.807) is 24.3 Å². The number of aromatic nitrogens is 1. The molecule has 1 heterocycles. The van der Waals surface area contributed by atoms with E-state index in [4.69, 9.17) is 5.73 Å². The Labute approximate surface area is 134 Å². The van der Waals surface area contributed by atoms with Gasteiger partial charge in [-0.15, -0.1) is 0 Å². The van der Waals surface area contributed by atoms with E-state index in [1.165, 1.54) is 6.20 Å². The Morgan fingerprint density at radius 3 is 2.52 bits per heavy atom. The lowest BCUT2D eigenvalue weighted by molar-refractivity contribution is 0.102. The van der Waals surface area contributed by atoms with Crippen molar-refractivity contribution in [3.8, 4) is 6.07 Å². The molecule has 5 heteroatoms. The van der Waals surface area contributed by atoms with Crippen molar-refractivity contribution in [3.05, 3.63) is 65.9 Å². The van der Waals surface area contributed by atoms with Gasteiger partial charge >= 0.3 is 0 Å². The number of carbonyl (C=O) groups excluding carboxylic acids is 1. The fourth-order valence-corrected chi connectivity index (χ4v) is 2.72. The second-order valence-electron chi connectivity index (χ2n) is 5.54. The Balaban J connectivity index is 1.77. The molecule has 2 aromatic rings. The average Bonchev–Trinajstić information content (AvgIpc) is 3.06. The van der Waals surface area contributed by atoms with Gasteiger partial charge in [0, 0.05) is 11.9 Å². The lowest BCUT2D eigenvalue weighted by Crippen LogP contribution is -2.20. The lowest BCUT2D eigenvalue weighted by Gasteiger charge is -2.21. The maximum absolute atomic E-state index is 12.2. The first-order chi connectivity index (χ1) is 11.1. The van der Waals surface area contributed by atoms with Gasteiger partial charge in [0.1, 0.15) is 5.82 Å². The highest BCUT2D eigenvalue weighted by Gasteiger charge is 2.32. The number of hydrogen-bond acceptors (Lipinski definition) is 4. The summed E-state index contributed by atoms with van der Waals surface area (Å²) in [5.41, 5.74) is 7.18. The number of pyridine rings is 1. The van der Waals surface area contributed by atoms with Gasteiger partial charge in [-0.1, -0.05) is 24.3 Å². The van der Waals surface area contributed by atoms with Crippen molar-refractivity contribution < 1.29 is 4.79 Å². The number of rotatable bonds is 3. The number of amides is 1. The quantitative estimate of drug-likeness (QED) is 0.852. The zero-order valence-electron chi connectivity index (χ0n) is 12.5. The Morgan fingerprint density at radius 2 is 1.91 bits per heavy atom. The van der Waals surface area contributed by atoms with Gasteiger partial charge in [-0.3, -0.25) is 4.79 Å². The molecule has 0 unspecified atom stereocenters. The molecule has 5 nitrogen and oxygen atoms in total. The summed E-state index contributed by atoms with van der Waals surface area (Å²) in [6.07, 6.45) is 7.05. The minimum Gasteiger partial charge on any atom is -0.383 e. The van der Waals surface area contributed by atoms with Crippen LogP contribution in [0.15, 0.2) is 54.7 Å². The van der Waals surface area contributed by atoms with E-state index >= 15 is 0 Å². The first-order valence-corrected chi connectivity index (χ1v) is 7.33. The molecule has 1 amide bonds.